The van der Waals surface area contributed by atoms with Gasteiger partial charge in [0.05, 0.1) is 41.6 Å². The molecule has 9 nitrogen and oxygen atoms in total. The molecule has 12 heteroatoms. The predicted molar refractivity (Wildman–Crippen MR) is 115 cm³/mol. The normalized spacial score (nSPS) is 12.2. The highest BCUT2D eigenvalue weighted by Crippen LogP contribution is 2.32. The lowest BCUT2D eigenvalue weighted by Crippen LogP contribution is -2.11. The maximum Gasteiger partial charge on any atom is 0.341 e. The molecule has 32 heavy (non-hydrogen) atoms. The second-order valence-corrected chi connectivity index (χ2v) is 7.52. The molecule has 0 aliphatic rings. The van der Waals surface area contributed by atoms with Gasteiger partial charge in [-0.1, -0.05) is 29.3 Å². The van der Waals surface area contributed by atoms with E-state index in [4.69, 9.17) is 32.7 Å². The number of rotatable bonds is 6. The summed E-state index contributed by atoms with van der Waals surface area (Å²) in [6.07, 6.45) is 2.70. The standard InChI is InChI=1S/C20H17Cl2FN6O3/c1-4-32-19(30)12-8-24-28(9-12)20-25-15-16(18(26-20)31-3)29(27-17(15)23)10(2)11-5-6-13(21)14(22)7-11/h5-10H,4H2,1-3H3/t10-/m0/s1. The Morgan fingerprint density at radius 2 is 2.03 bits per heavy atom. The van der Waals surface area contributed by atoms with Gasteiger partial charge < -0.3 is 9.47 Å². The first kappa shape index (κ1) is 22.0. The van der Waals surface area contributed by atoms with Gasteiger partial charge in [-0.15, -0.1) is 5.10 Å². The van der Waals surface area contributed by atoms with Crippen molar-refractivity contribution in [3.05, 3.63) is 57.7 Å². The van der Waals surface area contributed by atoms with Crippen molar-refractivity contribution < 1.29 is 18.7 Å². The smallest absolute Gasteiger partial charge is 0.341 e. The summed E-state index contributed by atoms with van der Waals surface area (Å²) in [7, 11) is 1.40. The van der Waals surface area contributed by atoms with Gasteiger partial charge in [0, 0.05) is 6.20 Å². The average molecular weight is 479 g/mol. The number of ether oxygens (including phenoxy) is 2. The number of halogens is 3. The minimum Gasteiger partial charge on any atom is -0.479 e. The molecule has 166 valence electrons. The Kier molecular flexibility index (Phi) is 5.98. The quantitative estimate of drug-likeness (QED) is 0.382. The number of esters is 1. The van der Waals surface area contributed by atoms with Gasteiger partial charge in [-0.25, -0.2) is 19.1 Å². The van der Waals surface area contributed by atoms with Crippen LogP contribution in [-0.4, -0.2) is 49.2 Å². The van der Waals surface area contributed by atoms with E-state index in [-0.39, 0.29) is 35.0 Å². The molecule has 1 aromatic carbocycles. The highest BCUT2D eigenvalue weighted by Gasteiger charge is 2.24. The predicted octanol–water partition coefficient (Wildman–Crippen LogP) is 4.25. The van der Waals surface area contributed by atoms with Crippen LogP contribution in [0, 0.1) is 5.95 Å². The average Bonchev–Trinajstić information content (AvgIpc) is 3.40. The number of nitrogens with zero attached hydrogens (tertiary/aromatic N) is 6. The van der Waals surface area contributed by atoms with Crippen molar-refractivity contribution in [2.24, 2.45) is 0 Å². The lowest BCUT2D eigenvalue weighted by atomic mass is 10.1. The van der Waals surface area contributed by atoms with Crippen molar-refractivity contribution in [2.45, 2.75) is 19.9 Å². The van der Waals surface area contributed by atoms with Crippen LogP contribution in [0.3, 0.4) is 0 Å². The van der Waals surface area contributed by atoms with Crippen LogP contribution in [0.15, 0.2) is 30.6 Å². The van der Waals surface area contributed by atoms with Crippen LogP contribution < -0.4 is 4.74 Å². The molecule has 4 aromatic rings. The lowest BCUT2D eigenvalue weighted by Gasteiger charge is -2.15. The third kappa shape index (κ3) is 3.87. The Balaban J connectivity index is 1.80. The number of methoxy groups -OCH3 is 1. The minimum absolute atomic E-state index is 0.00513. The molecule has 0 saturated heterocycles. The highest BCUT2D eigenvalue weighted by atomic mass is 35.5. The molecule has 0 fully saturated rings. The van der Waals surface area contributed by atoms with Gasteiger partial charge in [0.1, 0.15) is 0 Å². The Labute approximate surface area is 191 Å². The largest absolute Gasteiger partial charge is 0.479 e. The number of benzene rings is 1. The number of hydrogen-bond donors (Lipinski definition) is 0. The summed E-state index contributed by atoms with van der Waals surface area (Å²) in [6, 6.07) is 4.68. The minimum atomic E-state index is -0.813. The van der Waals surface area contributed by atoms with Gasteiger partial charge in [-0.05, 0) is 31.5 Å². The fraction of sp³-hybridized carbons (Fsp3) is 0.250. The molecule has 3 heterocycles. The maximum atomic E-state index is 14.8. The number of carbonyl (C=O) groups excluding carboxylic acids is 1. The first-order valence-electron chi connectivity index (χ1n) is 9.50. The van der Waals surface area contributed by atoms with E-state index in [0.29, 0.717) is 10.0 Å². The summed E-state index contributed by atoms with van der Waals surface area (Å²) in [4.78, 5) is 20.5. The first-order chi connectivity index (χ1) is 15.3. The summed E-state index contributed by atoms with van der Waals surface area (Å²) in [5.41, 5.74) is 1.15. The number of aromatic nitrogens is 6. The molecule has 3 aromatic heterocycles. The zero-order valence-electron chi connectivity index (χ0n) is 17.2. The third-order valence-electron chi connectivity index (χ3n) is 4.75. The molecule has 0 amide bonds. The SMILES string of the molecule is CCOC(=O)c1cnn(-c2nc(OC)c3c(n2)c(F)nn3[C@@H](C)c2ccc(Cl)c(Cl)c2)c1. The summed E-state index contributed by atoms with van der Waals surface area (Å²) < 4.78 is 27.8. The van der Waals surface area contributed by atoms with Crippen molar-refractivity contribution >= 4 is 40.2 Å². The van der Waals surface area contributed by atoms with E-state index in [0.717, 1.165) is 5.56 Å². The van der Waals surface area contributed by atoms with Gasteiger partial charge in [-0.2, -0.15) is 14.5 Å². The molecule has 0 unspecified atom stereocenters. The van der Waals surface area contributed by atoms with Gasteiger partial charge in [0.15, 0.2) is 11.0 Å². The van der Waals surface area contributed by atoms with E-state index >= 15 is 0 Å². The monoisotopic (exact) mass is 478 g/mol. The third-order valence-corrected chi connectivity index (χ3v) is 5.48. The molecule has 0 aliphatic carbocycles. The second-order valence-electron chi connectivity index (χ2n) is 6.71. The topological polar surface area (TPSA) is 96.9 Å². The van der Waals surface area contributed by atoms with E-state index in [1.807, 2.05) is 6.92 Å². The molecule has 0 spiro atoms. The number of fused-ring (bicyclic) bond motifs is 1. The van der Waals surface area contributed by atoms with E-state index in [9.17, 15) is 9.18 Å². The van der Waals surface area contributed by atoms with Gasteiger partial charge in [0.25, 0.3) is 11.9 Å². The van der Waals surface area contributed by atoms with E-state index in [1.54, 1.807) is 25.1 Å². The van der Waals surface area contributed by atoms with E-state index < -0.39 is 18.0 Å². The van der Waals surface area contributed by atoms with Crippen LogP contribution in [0.2, 0.25) is 10.0 Å². The Morgan fingerprint density at radius 1 is 1.25 bits per heavy atom. The molecule has 0 aliphatic heterocycles. The lowest BCUT2D eigenvalue weighted by molar-refractivity contribution is 0.0526. The van der Waals surface area contributed by atoms with Crippen molar-refractivity contribution in [2.75, 3.05) is 13.7 Å². The molecule has 0 N–H and O–H groups in total. The summed E-state index contributed by atoms with van der Waals surface area (Å²) in [5, 5.41) is 8.85. The van der Waals surface area contributed by atoms with E-state index in [2.05, 4.69) is 20.2 Å². The van der Waals surface area contributed by atoms with Crippen LogP contribution in [0.25, 0.3) is 17.0 Å². The van der Waals surface area contributed by atoms with Crippen LogP contribution in [0.5, 0.6) is 5.88 Å². The molecular formula is C20H17Cl2FN6O3. The molecule has 0 saturated carbocycles. The highest BCUT2D eigenvalue weighted by molar-refractivity contribution is 6.42. The Morgan fingerprint density at radius 3 is 2.72 bits per heavy atom. The number of carbonyl (C=O) groups is 1. The van der Waals surface area contributed by atoms with Crippen molar-refractivity contribution in [1.82, 2.24) is 29.5 Å². The Hall–Kier alpha value is -3.24. The van der Waals surface area contributed by atoms with Gasteiger partial charge in [0.2, 0.25) is 5.88 Å². The second kappa shape index (κ2) is 8.71. The zero-order chi connectivity index (χ0) is 23.0. The van der Waals surface area contributed by atoms with Crippen molar-refractivity contribution in [1.29, 1.82) is 0 Å². The summed E-state index contributed by atoms with van der Waals surface area (Å²) >= 11 is 12.1. The van der Waals surface area contributed by atoms with E-state index in [1.165, 1.54) is 28.9 Å². The fourth-order valence-corrected chi connectivity index (χ4v) is 3.46. The Bertz CT molecular complexity index is 1320. The maximum absolute atomic E-state index is 14.8. The van der Waals surface area contributed by atoms with Gasteiger partial charge in [-0.3, -0.25) is 0 Å². The van der Waals surface area contributed by atoms with Crippen LogP contribution in [-0.2, 0) is 4.74 Å². The molecule has 1 atom stereocenters. The molecule has 4 rings (SSSR count). The molecular weight excluding hydrogens is 462 g/mol. The number of hydrogen-bond acceptors (Lipinski definition) is 7. The summed E-state index contributed by atoms with van der Waals surface area (Å²) in [5.74, 6) is -1.26. The van der Waals surface area contributed by atoms with Crippen LogP contribution in [0.4, 0.5) is 4.39 Å². The van der Waals surface area contributed by atoms with Crippen LogP contribution in [0.1, 0.15) is 35.8 Å². The van der Waals surface area contributed by atoms with Crippen molar-refractivity contribution in [3.8, 4) is 11.8 Å². The van der Waals surface area contributed by atoms with Crippen LogP contribution >= 0.6 is 23.2 Å². The van der Waals surface area contributed by atoms with Gasteiger partial charge >= 0.3 is 5.97 Å². The van der Waals surface area contributed by atoms with Crippen molar-refractivity contribution in [3.63, 3.8) is 0 Å². The fourth-order valence-electron chi connectivity index (χ4n) is 3.16. The molecule has 0 radical (unpaired) electrons. The first-order valence-corrected chi connectivity index (χ1v) is 10.3. The zero-order valence-corrected chi connectivity index (χ0v) is 18.7. The molecule has 0 bridgehead atoms. The summed E-state index contributed by atoms with van der Waals surface area (Å²) in [6.45, 7) is 3.74.